The quantitative estimate of drug-likeness (QED) is 0.425. The van der Waals surface area contributed by atoms with Crippen molar-refractivity contribution in [2.75, 3.05) is 39.6 Å². The number of likely N-dealkylation sites (tertiary alicyclic amines) is 1. The number of piperidine rings is 1. The van der Waals surface area contributed by atoms with Crippen LogP contribution in [-0.4, -0.2) is 50.4 Å². The molecular formula is C26H34ClN3O5. The first kappa shape index (κ1) is 26.6. The summed E-state index contributed by atoms with van der Waals surface area (Å²) in [6.07, 6.45) is 2.98. The maximum Gasteiger partial charge on any atom is 0.220 e. The van der Waals surface area contributed by atoms with Gasteiger partial charge in [0.15, 0.2) is 0 Å². The molecule has 0 unspecified atom stereocenters. The maximum absolute atomic E-state index is 12.7. The van der Waals surface area contributed by atoms with Crippen LogP contribution < -0.4 is 25.7 Å². The number of nitrogens with two attached hydrogens (primary N) is 2. The Morgan fingerprint density at radius 3 is 2.31 bits per heavy atom. The zero-order valence-corrected chi connectivity index (χ0v) is 21.1. The van der Waals surface area contributed by atoms with Crippen molar-refractivity contribution >= 4 is 29.0 Å². The normalized spacial score (nSPS) is 14.5. The molecule has 1 heterocycles. The summed E-state index contributed by atoms with van der Waals surface area (Å²) in [6.45, 7) is 2.74. The molecule has 190 valence electrons. The Kier molecular flexibility index (Phi) is 9.63. The number of carbonyl (C=O) groups is 2. The van der Waals surface area contributed by atoms with E-state index in [9.17, 15) is 9.59 Å². The molecule has 0 spiro atoms. The van der Waals surface area contributed by atoms with E-state index in [1.54, 1.807) is 32.4 Å². The number of halogens is 1. The maximum atomic E-state index is 12.7. The summed E-state index contributed by atoms with van der Waals surface area (Å²) in [7, 11) is 3.18. The number of rotatable bonds is 12. The number of benzene rings is 2. The molecule has 1 amide bonds. The molecule has 1 aliphatic heterocycles. The lowest BCUT2D eigenvalue weighted by Gasteiger charge is -2.30. The number of Topliss-reactive ketones (excluding diaryl/α,β-unsaturated/α-hetero) is 1. The number of carbonyl (C=O) groups excluding carboxylic acids is 2. The van der Waals surface area contributed by atoms with Gasteiger partial charge in [-0.1, -0.05) is 11.6 Å². The van der Waals surface area contributed by atoms with Gasteiger partial charge < -0.3 is 30.6 Å². The lowest BCUT2D eigenvalue weighted by molar-refractivity contribution is -0.123. The van der Waals surface area contributed by atoms with Gasteiger partial charge in [0.2, 0.25) is 5.91 Å². The molecule has 1 aliphatic rings. The number of anilines is 1. The Hall–Kier alpha value is -2.97. The van der Waals surface area contributed by atoms with Crippen LogP contribution in [0.25, 0.3) is 0 Å². The fourth-order valence-corrected chi connectivity index (χ4v) is 4.42. The van der Waals surface area contributed by atoms with Crippen LogP contribution in [0, 0.1) is 5.92 Å². The van der Waals surface area contributed by atoms with Gasteiger partial charge in [-0.15, -0.1) is 0 Å². The van der Waals surface area contributed by atoms with Crippen LogP contribution in [0.15, 0.2) is 30.3 Å². The Labute approximate surface area is 211 Å². The van der Waals surface area contributed by atoms with E-state index in [1.807, 2.05) is 12.1 Å². The van der Waals surface area contributed by atoms with E-state index in [2.05, 4.69) is 4.90 Å². The second-order valence-electron chi connectivity index (χ2n) is 8.83. The lowest BCUT2D eigenvalue weighted by atomic mass is 9.96. The fraction of sp³-hybridized carbons (Fsp3) is 0.462. The summed E-state index contributed by atoms with van der Waals surface area (Å²) in [5.41, 5.74) is 13.3. The predicted molar refractivity (Wildman–Crippen MR) is 136 cm³/mol. The van der Waals surface area contributed by atoms with Crippen LogP contribution in [0.4, 0.5) is 5.69 Å². The highest BCUT2D eigenvalue weighted by atomic mass is 35.5. The second-order valence-corrected chi connectivity index (χ2v) is 9.24. The van der Waals surface area contributed by atoms with Gasteiger partial charge in [0.25, 0.3) is 0 Å². The van der Waals surface area contributed by atoms with Crippen molar-refractivity contribution in [2.24, 2.45) is 11.7 Å². The van der Waals surface area contributed by atoms with Crippen LogP contribution in [0.5, 0.6) is 17.2 Å². The van der Waals surface area contributed by atoms with E-state index in [1.165, 1.54) is 0 Å². The molecule has 8 nitrogen and oxygen atoms in total. The van der Waals surface area contributed by atoms with Crippen molar-refractivity contribution in [3.8, 4) is 17.2 Å². The average Bonchev–Trinajstić information content (AvgIpc) is 2.85. The Morgan fingerprint density at radius 2 is 1.71 bits per heavy atom. The molecule has 3 rings (SSSR count). The average molecular weight is 504 g/mol. The van der Waals surface area contributed by atoms with Crippen LogP contribution in [0.3, 0.4) is 0 Å². The molecule has 0 aliphatic carbocycles. The number of nitrogens with zero attached hydrogens (tertiary/aromatic N) is 1. The summed E-state index contributed by atoms with van der Waals surface area (Å²) in [4.78, 5) is 26.3. The summed E-state index contributed by atoms with van der Waals surface area (Å²) in [6, 6.07) is 8.86. The summed E-state index contributed by atoms with van der Waals surface area (Å²) in [5, 5.41) is 0.389. The molecule has 0 saturated carbocycles. The summed E-state index contributed by atoms with van der Waals surface area (Å²) >= 11 is 6.24. The minimum absolute atomic E-state index is 0.0281. The van der Waals surface area contributed by atoms with Crippen molar-refractivity contribution in [3.05, 3.63) is 46.5 Å². The summed E-state index contributed by atoms with van der Waals surface area (Å²) < 4.78 is 16.7. The van der Waals surface area contributed by atoms with Gasteiger partial charge in [0.1, 0.15) is 29.6 Å². The van der Waals surface area contributed by atoms with Gasteiger partial charge in [0.05, 0.1) is 24.9 Å². The molecule has 0 aromatic heterocycles. The second kappa shape index (κ2) is 12.7. The number of amides is 1. The molecule has 9 heteroatoms. The number of ether oxygens (including phenoxy) is 3. The number of hydrogen-bond donors (Lipinski definition) is 2. The van der Waals surface area contributed by atoms with Gasteiger partial charge in [0, 0.05) is 36.5 Å². The SMILES string of the molecule is COc1cc(COc2cc(N)c(Cl)cc2CC(=O)CCCN2CCC(C(N)=O)CC2)cc(OC)c1. The molecule has 1 fully saturated rings. The van der Waals surface area contributed by atoms with Crippen LogP contribution in [-0.2, 0) is 22.6 Å². The van der Waals surface area contributed by atoms with Gasteiger partial charge in [-0.2, -0.15) is 0 Å². The topological polar surface area (TPSA) is 117 Å². The van der Waals surface area contributed by atoms with Crippen molar-refractivity contribution in [3.63, 3.8) is 0 Å². The third-order valence-corrected chi connectivity index (χ3v) is 6.62. The van der Waals surface area contributed by atoms with Gasteiger partial charge >= 0.3 is 0 Å². The van der Waals surface area contributed by atoms with Crippen molar-refractivity contribution < 1.29 is 23.8 Å². The van der Waals surface area contributed by atoms with Gasteiger partial charge in [-0.25, -0.2) is 0 Å². The van der Waals surface area contributed by atoms with E-state index in [-0.39, 0.29) is 30.6 Å². The molecule has 2 aromatic rings. The van der Waals surface area contributed by atoms with E-state index in [4.69, 9.17) is 37.3 Å². The highest BCUT2D eigenvalue weighted by Crippen LogP contribution is 2.31. The zero-order chi connectivity index (χ0) is 25.4. The smallest absolute Gasteiger partial charge is 0.220 e. The number of nitrogen functional groups attached to an aromatic ring is 1. The first-order valence-corrected chi connectivity index (χ1v) is 12.1. The van der Waals surface area contributed by atoms with Crippen LogP contribution >= 0.6 is 11.6 Å². The number of primary amides is 1. The van der Waals surface area contributed by atoms with Gasteiger partial charge in [-0.3, -0.25) is 9.59 Å². The predicted octanol–water partition coefficient (Wildman–Crippen LogP) is 3.61. The van der Waals surface area contributed by atoms with Gasteiger partial charge in [-0.05, 0) is 62.7 Å². The van der Waals surface area contributed by atoms with Crippen molar-refractivity contribution in [1.29, 1.82) is 0 Å². The van der Waals surface area contributed by atoms with Crippen LogP contribution in [0.2, 0.25) is 5.02 Å². The van der Waals surface area contributed by atoms with E-state index in [0.717, 1.165) is 44.5 Å². The Morgan fingerprint density at radius 1 is 1.06 bits per heavy atom. The fourth-order valence-electron chi connectivity index (χ4n) is 4.24. The highest BCUT2D eigenvalue weighted by Gasteiger charge is 2.23. The minimum Gasteiger partial charge on any atom is -0.497 e. The number of methoxy groups -OCH3 is 2. The molecule has 0 bridgehead atoms. The van der Waals surface area contributed by atoms with E-state index >= 15 is 0 Å². The van der Waals surface area contributed by atoms with Crippen molar-refractivity contribution in [2.45, 2.75) is 38.7 Å². The molecular weight excluding hydrogens is 470 g/mol. The molecule has 0 radical (unpaired) electrons. The summed E-state index contributed by atoms with van der Waals surface area (Å²) in [5.74, 6) is 1.70. The van der Waals surface area contributed by atoms with E-state index in [0.29, 0.717) is 39.9 Å². The van der Waals surface area contributed by atoms with Crippen LogP contribution in [0.1, 0.15) is 36.8 Å². The lowest BCUT2D eigenvalue weighted by Crippen LogP contribution is -2.39. The standard InChI is InChI=1S/C26H34ClN3O5/c1-33-21-10-17(11-22(14-21)34-2)16-35-25-15-24(28)23(27)13-19(25)12-20(31)4-3-7-30-8-5-18(6-9-30)26(29)32/h10-11,13-15,18H,3-9,12,16,28H2,1-2H3,(H2,29,32). The minimum atomic E-state index is -0.217. The number of hydrogen-bond acceptors (Lipinski definition) is 7. The third-order valence-electron chi connectivity index (χ3n) is 6.29. The van der Waals surface area contributed by atoms with Crippen molar-refractivity contribution in [1.82, 2.24) is 4.90 Å². The third kappa shape index (κ3) is 7.77. The molecule has 4 N–H and O–H groups in total. The first-order valence-electron chi connectivity index (χ1n) is 11.7. The molecule has 1 saturated heterocycles. The monoisotopic (exact) mass is 503 g/mol. The molecule has 0 atom stereocenters. The molecule has 35 heavy (non-hydrogen) atoms. The highest BCUT2D eigenvalue weighted by molar-refractivity contribution is 6.33. The molecule has 2 aromatic carbocycles. The first-order chi connectivity index (χ1) is 16.8. The number of ketones is 1. The Bertz CT molecular complexity index is 1020. The van der Waals surface area contributed by atoms with E-state index < -0.39 is 0 Å². The largest absolute Gasteiger partial charge is 0.497 e. The Balaban J connectivity index is 1.57. The zero-order valence-electron chi connectivity index (χ0n) is 20.3.